The number of carbonyl (C=O) groups excluding carboxylic acids is 1. The number of carboxylic acid groups (broad SMARTS) is 1. The maximum Gasteiger partial charge on any atom is 0.315 e. The first-order chi connectivity index (χ1) is 15.6. The van der Waals surface area contributed by atoms with Crippen molar-refractivity contribution in [3.8, 4) is 5.75 Å². The first-order valence-corrected chi connectivity index (χ1v) is 10.7. The Hall–Kier alpha value is -3.92. The highest BCUT2D eigenvalue weighted by molar-refractivity contribution is 5.92. The van der Waals surface area contributed by atoms with Gasteiger partial charge in [-0.15, -0.1) is 0 Å². The van der Waals surface area contributed by atoms with Gasteiger partial charge in [-0.05, 0) is 22.6 Å². The highest BCUT2D eigenvalue weighted by Crippen LogP contribution is 2.58. The molecule has 0 radical (unpaired) electrons. The van der Waals surface area contributed by atoms with Gasteiger partial charge in [-0.2, -0.15) is 0 Å². The molecular weight excluding hydrogens is 400 g/mol. The van der Waals surface area contributed by atoms with Crippen LogP contribution in [0.5, 0.6) is 5.75 Å². The van der Waals surface area contributed by atoms with Crippen LogP contribution < -0.4 is 4.74 Å². The summed E-state index contributed by atoms with van der Waals surface area (Å²) in [6, 6.07) is 32.2. The number of carbonyl (C=O) groups is 2. The van der Waals surface area contributed by atoms with Crippen LogP contribution in [0.4, 0.5) is 0 Å². The number of benzene rings is 4. The molecular formula is C28H22O4. The van der Waals surface area contributed by atoms with Crippen molar-refractivity contribution in [2.75, 3.05) is 0 Å². The quantitative estimate of drug-likeness (QED) is 0.334. The van der Waals surface area contributed by atoms with E-state index in [0.717, 1.165) is 21.9 Å². The van der Waals surface area contributed by atoms with Crippen molar-refractivity contribution in [1.82, 2.24) is 0 Å². The van der Waals surface area contributed by atoms with Crippen LogP contribution in [0, 0.1) is 11.8 Å². The van der Waals surface area contributed by atoms with Gasteiger partial charge in [0, 0.05) is 17.2 Å². The van der Waals surface area contributed by atoms with E-state index in [1.54, 1.807) is 6.07 Å². The van der Waals surface area contributed by atoms with Gasteiger partial charge in [-0.1, -0.05) is 97.1 Å². The molecule has 5 rings (SSSR count). The van der Waals surface area contributed by atoms with Crippen molar-refractivity contribution in [3.63, 3.8) is 0 Å². The molecule has 0 saturated heterocycles. The lowest BCUT2D eigenvalue weighted by atomic mass is 9.52. The molecule has 158 valence electrons. The van der Waals surface area contributed by atoms with E-state index in [1.807, 2.05) is 97.1 Å². The topological polar surface area (TPSA) is 63.6 Å². The predicted octanol–water partition coefficient (Wildman–Crippen LogP) is 5.64. The molecule has 0 heterocycles. The van der Waals surface area contributed by atoms with Crippen LogP contribution in [0.2, 0.25) is 0 Å². The normalized spacial score (nSPS) is 22.1. The molecule has 32 heavy (non-hydrogen) atoms. The molecule has 4 aromatic rings. The zero-order valence-corrected chi connectivity index (χ0v) is 17.3. The summed E-state index contributed by atoms with van der Waals surface area (Å²) >= 11 is 0. The summed E-state index contributed by atoms with van der Waals surface area (Å²) in [7, 11) is 0. The fraction of sp³-hybridized carbons (Fsp3) is 0.143. The van der Waals surface area contributed by atoms with Gasteiger partial charge in [-0.3, -0.25) is 9.59 Å². The second-order valence-electron chi connectivity index (χ2n) is 8.16. The first-order valence-electron chi connectivity index (χ1n) is 10.7. The van der Waals surface area contributed by atoms with E-state index < -0.39 is 35.6 Å². The summed E-state index contributed by atoms with van der Waals surface area (Å²) in [4.78, 5) is 25.9. The van der Waals surface area contributed by atoms with Crippen molar-refractivity contribution < 1.29 is 19.4 Å². The molecule has 0 bridgehead atoms. The summed E-state index contributed by atoms with van der Waals surface area (Å²) in [6.45, 7) is 0. The molecule has 1 aliphatic rings. The van der Waals surface area contributed by atoms with Crippen LogP contribution in [0.25, 0.3) is 10.8 Å². The van der Waals surface area contributed by atoms with E-state index in [1.165, 1.54) is 0 Å². The maximum atomic E-state index is 13.6. The van der Waals surface area contributed by atoms with Gasteiger partial charge in [0.2, 0.25) is 0 Å². The molecule has 4 nitrogen and oxygen atoms in total. The molecule has 4 heteroatoms. The lowest BCUT2D eigenvalue weighted by molar-refractivity contribution is -0.158. The smallest absolute Gasteiger partial charge is 0.315 e. The number of esters is 1. The molecule has 0 spiro atoms. The largest absolute Gasteiger partial charge is 0.481 e. The highest BCUT2D eigenvalue weighted by Gasteiger charge is 2.59. The van der Waals surface area contributed by atoms with E-state index >= 15 is 0 Å². The monoisotopic (exact) mass is 422 g/mol. The molecule has 0 amide bonds. The van der Waals surface area contributed by atoms with Crippen molar-refractivity contribution in [2.24, 2.45) is 11.8 Å². The Morgan fingerprint density at radius 3 is 1.75 bits per heavy atom. The van der Waals surface area contributed by atoms with Crippen LogP contribution in [-0.4, -0.2) is 17.0 Å². The van der Waals surface area contributed by atoms with Crippen molar-refractivity contribution in [1.29, 1.82) is 0 Å². The molecule has 1 aliphatic carbocycles. The standard InChI is InChI=1S/C28H22O4/c29-27(30)25-23(19-11-3-1-4-12-19)26(24(25)20-13-5-2-6-14-20)28(31)32-22-17-9-15-18-10-7-8-16-21(18)22/h1-17,23-26H,(H,29,30)/t23-,24+,25-,26+. The Bertz CT molecular complexity index is 1210. The lowest BCUT2D eigenvalue weighted by Gasteiger charge is -2.49. The number of hydrogen-bond acceptors (Lipinski definition) is 3. The maximum absolute atomic E-state index is 13.6. The van der Waals surface area contributed by atoms with Gasteiger partial charge in [-0.25, -0.2) is 0 Å². The molecule has 1 saturated carbocycles. The third-order valence-corrected chi connectivity index (χ3v) is 6.43. The van der Waals surface area contributed by atoms with Gasteiger partial charge >= 0.3 is 11.9 Å². The summed E-state index contributed by atoms with van der Waals surface area (Å²) < 4.78 is 5.93. The van der Waals surface area contributed by atoms with E-state index in [0.29, 0.717) is 5.75 Å². The van der Waals surface area contributed by atoms with Gasteiger partial charge in [0.25, 0.3) is 0 Å². The number of rotatable bonds is 5. The van der Waals surface area contributed by atoms with Crippen molar-refractivity contribution in [2.45, 2.75) is 11.8 Å². The third kappa shape index (κ3) is 3.44. The molecule has 1 fully saturated rings. The van der Waals surface area contributed by atoms with Crippen LogP contribution in [-0.2, 0) is 9.59 Å². The van der Waals surface area contributed by atoms with Gasteiger partial charge in [0.1, 0.15) is 5.75 Å². The minimum absolute atomic E-state index is 0.401. The van der Waals surface area contributed by atoms with Gasteiger partial charge in [0.05, 0.1) is 11.8 Å². The van der Waals surface area contributed by atoms with E-state index in [4.69, 9.17) is 4.74 Å². The molecule has 4 aromatic carbocycles. The molecule has 0 unspecified atom stereocenters. The Morgan fingerprint density at radius 1 is 0.625 bits per heavy atom. The van der Waals surface area contributed by atoms with Gasteiger partial charge < -0.3 is 9.84 Å². The third-order valence-electron chi connectivity index (χ3n) is 6.43. The summed E-state index contributed by atoms with van der Waals surface area (Å²) in [5, 5.41) is 11.9. The van der Waals surface area contributed by atoms with E-state index in [2.05, 4.69) is 0 Å². The average Bonchev–Trinajstić information content (AvgIpc) is 2.80. The van der Waals surface area contributed by atoms with Crippen LogP contribution in [0.3, 0.4) is 0 Å². The lowest BCUT2D eigenvalue weighted by Crippen LogP contribution is -2.52. The van der Waals surface area contributed by atoms with E-state index in [-0.39, 0.29) is 0 Å². The minimum atomic E-state index is -0.901. The molecule has 0 aromatic heterocycles. The molecule has 1 N–H and O–H groups in total. The van der Waals surface area contributed by atoms with Crippen LogP contribution in [0.15, 0.2) is 103 Å². The fourth-order valence-corrected chi connectivity index (χ4v) is 4.99. The zero-order valence-electron chi connectivity index (χ0n) is 17.3. The second kappa shape index (κ2) is 8.31. The second-order valence-corrected chi connectivity index (χ2v) is 8.16. The van der Waals surface area contributed by atoms with Crippen LogP contribution >= 0.6 is 0 Å². The van der Waals surface area contributed by atoms with Crippen molar-refractivity contribution >= 4 is 22.7 Å². The predicted molar refractivity (Wildman–Crippen MR) is 123 cm³/mol. The molecule has 0 aliphatic heterocycles. The number of hydrogen-bond donors (Lipinski definition) is 1. The average molecular weight is 422 g/mol. The summed E-state index contributed by atoms with van der Waals surface area (Å²) in [5.74, 6) is -3.03. The Balaban J connectivity index is 1.55. The first kappa shape index (κ1) is 20.0. The summed E-state index contributed by atoms with van der Waals surface area (Å²) in [5.41, 5.74) is 1.68. The van der Waals surface area contributed by atoms with Crippen molar-refractivity contribution in [3.05, 3.63) is 114 Å². The number of carboxylic acids is 1. The number of ether oxygens (including phenoxy) is 1. The fourth-order valence-electron chi connectivity index (χ4n) is 4.99. The number of aliphatic carboxylic acids is 1. The van der Waals surface area contributed by atoms with E-state index in [9.17, 15) is 14.7 Å². The van der Waals surface area contributed by atoms with Gasteiger partial charge in [0.15, 0.2) is 0 Å². The Labute approximate surface area is 186 Å². The Kier molecular flexibility index (Phi) is 5.20. The minimum Gasteiger partial charge on any atom is -0.481 e. The molecule has 4 atom stereocenters. The Morgan fingerprint density at radius 2 is 1.16 bits per heavy atom. The summed E-state index contributed by atoms with van der Waals surface area (Å²) in [6.07, 6.45) is 0. The number of fused-ring (bicyclic) bond motifs is 1. The van der Waals surface area contributed by atoms with Crippen LogP contribution in [0.1, 0.15) is 23.0 Å². The highest BCUT2D eigenvalue weighted by atomic mass is 16.5. The SMILES string of the molecule is O=C(O)[C@@H]1[C@@H](c2ccccc2)[C@H](C(=O)Oc2cccc3ccccc23)[C@H]1c1ccccc1. The zero-order chi connectivity index (χ0) is 22.1.